The third-order valence-corrected chi connectivity index (χ3v) is 2.71. The van der Waals surface area contributed by atoms with E-state index in [1.807, 2.05) is 18.2 Å². The van der Waals surface area contributed by atoms with E-state index in [4.69, 9.17) is 9.47 Å². The maximum Gasteiger partial charge on any atom is 0.167 e. The average molecular weight is 249 g/mol. The highest BCUT2D eigenvalue weighted by atomic mass is 16.5. The van der Waals surface area contributed by atoms with Crippen LogP contribution in [0.3, 0.4) is 0 Å². The SMILES string of the molecule is CCCNC(C)/C=C/c1cccc(OC)c1OC. The van der Waals surface area contributed by atoms with E-state index in [0.29, 0.717) is 6.04 Å². The van der Waals surface area contributed by atoms with E-state index in [1.54, 1.807) is 14.2 Å². The Morgan fingerprint density at radius 2 is 2.06 bits per heavy atom. The molecule has 1 N–H and O–H groups in total. The lowest BCUT2D eigenvalue weighted by Gasteiger charge is -2.11. The first-order valence-electron chi connectivity index (χ1n) is 6.35. The molecule has 0 heterocycles. The first kappa shape index (κ1) is 14.6. The molecule has 1 rings (SSSR count). The van der Waals surface area contributed by atoms with E-state index in [1.165, 1.54) is 0 Å². The van der Waals surface area contributed by atoms with E-state index in [-0.39, 0.29) is 0 Å². The van der Waals surface area contributed by atoms with E-state index in [9.17, 15) is 0 Å². The van der Waals surface area contributed by atoms with Crippen molar-refractivity contribution in [3.05, 3.63) is 29.8 Å². The molecule has 0 aliphatic rings. The standard InChI is InChI=1S/C15H23NO2/c1-5-11-16-12(2)9-10-13-7-6-8-14(17-3)15(13)18-4/h6-10,12,16H,5,11H2,1-4H3/b10-9+. The molecule has 0 amide bonds. The fourth-order valence-electron chi connectivity index (χ4n) is 1.73. The summed E-state index contributed by atoms with van der Waals surface area (Å²) in [7, 11) is 3.31. The molecule has 1 unspecified atom stereocenters. The second-order valence-corrected chi connectivity index (χ2v) is 4.18. The summed E-state index contributed by atoms with van der Waals surface area (Å²) in [5.74, 6) is 1.53. The second kappa shape index (κ2) is 7.77. The van der Waals surface area contributed by atoms with Crippen LogP contribution < -0.4 is 14.8 Å². The monoisotopic (exact) mass is 249 g/mol. The summed E-state index contributed by atoms with van der Waals surface area (Å²) < 4.78 is 10.7. The van der Waals surface area contributed by atoms with E-state index in [0.717, 1.165) is 30.0 Å². The highest BCUT2D eigenvalue weighted by Gasteiger charge is 2.06. The predicted octanol–water partition coefficient (Wildman–Crippen LogP) is 3.11. The highest BCUT2D eigenvalue weighted by Crippen LogP contribution is 2.31. The summed E-state index contributed by atoms with van der Waals surface area (Å²) in [6, 6.07) is 6.23. The zero-order valence-corrected chi connectivity index (χ0v) is 11.7. The summed E-state index contributed by atoms with van der Waals surface area (Å²) in [5, 5.41) is 3.41. The zero-order chi connectivity index (χ0) is 13.4. The summed E-state index contributed by atoms with van der Waals surface area (Å²) in [6.45, 7) is 5.33. The molecule has 0 aliphatic heterocycles. The number of para-hydroxylation sites is 1. The Bertz CT molecular complexity index is 388. The van der Waals surface area contributed by atoms with E-state index < -0.39 is 0 Å². The predicted molar refractivity (Wildman–Crippen MR) is 76.3 cm³/mol. The van der Waals surface area contributed by atoms with Crippen molar-refractivity contribution in [3.63, 3.8) is 0 Å². The van der Waals surface area contributed by atoms with Crippen molar-refractivity contribution in [2.24, 2.45) is 0 Å². The zero-order valence-electron chi connectivity index (χ0n) is 11.7. The van der Waals surface area contributed by atoms with Gasteiger partial charge in [0, 0.05) is 11.6 Å². The molecule has 100 valence electrons. The van der Waals surface area contributed by atoms with Gasteiger partial charge in [0.25, 0.3) is 0 Å². The molecular weight excluding hydrogens is 226 g/mol. The molecule has 0 saturated carbocycles. The van der Waals surface area contributed by atoms with Crippen molar-refractivity contribution in [3.8, 4) is 11.5 Å². The normalized spacial score (nSPS) is 12.7. The second-order valence-electron chi connectivity index (χ2n) is 4.18. The Morgan fingerprint density at radius 1 is 1.28 bits per heavy atom. The van der Waals surface area contributed by atoms with Crippen molar-refractivity contribution in [2.75, 3.05) is 20.8 Å². The Labute approximate surface area is 110 Å². The minimum atomic E-state index is 0.348. The van der Waals surface area contributed by atoms with Crippen molar-refractivity contribution in [1.29, 1.82) is 0 Å². The van der Waals surface area contributed by atoms with Crippen LogP contribution >= 0.6 is 0 Å². The van der Waals surface area contributed by atoms with Gasteiger partial charge >= 0.3 is 0 Å². The molecule has 0 saturated heterocycles. The lowest BCUT2D eigenvalue weighted by atomic mass is 10.1. The number of benzene rings is 1. The lowest BCUT2D eigenvalue weighted by Crippen LogP contribution is -2.24. The van der Waals surface area contributed by atoms with Crippen LogP contribution in [-0.2, 0) is 0 Å². The summed E-state index contributed by atoms with van der Waals surface area (Å²) in [4.78, 5) is 0. The van der Waals surface area contributed by atoms with Gasteiger partial charge in [-0.05, 0) is 26.0 Å². The van der Waals surface area contributed by atoms with Crippen LogP contribution in [0, 0.1) is 0 Å². The van der Waals surface area contributed by atoms with Crippen molar-refractivity contribution in [2.45, 2.75) is 26.3 Å². The van der Waals surface area contributed by atoms with Crippen LogP contribution in [-0.4, -0.2) is 26.8 Å². The number of ether oxygens (including phenoxy) is 2. The Kier molecular flexibility index (Phi) is 6.29. The largest absolute Gasteiger partial charge is 0.493 e. The molecule has 0 radical (unpaired) electrons. The molecule has 3 nitrogen and oxygen atoms in total. The Morgan fingerprint density at radius 3 is 2.67 bits per heavy atom. The van der Waals surface area contributed by atoms with E-state index >= 15 is 0 Å². The highest BCUT2D eigenvalue weighted by molar-refractivity contribution is 5.62. The Hall–Kier alpha value is -1.48. The van der Waals surface area contributed by atoms with Gasteiger partial charge in [-0.2, -0.15) is 0 Å². The summed E-state index contributed by atoms with van der Waals surface area (Å²) in [5.41, 5.74) is 1.03. The summed E-state index contributed by atoms with van der Waals surface area (Å²) in [6.07, 6.45) is 5.34. The topological polar surface area (TPSA) is 30.5 Å². The first-order chi connectivity index (χ1) is 8.72. The minimum absolute atomic E-state index is 0.348. The van der Waals surface area contributed by atoms with Crippen molar-refractivity contribution >= 4 is 6.08 Å². The lowest BCUT2D eigenvalue weighted by molar-refractivity contribution is 0.354. The number of nitrogens with one attached hydrogen (secondary N) is 1. The molecule has 1 atom stereocenters. The van der Waals surface area contributed by atoms with E-state index in [2.05, 4.69) is 31.3 Å². The van der Waals surface area contributed by atoms with Crippen molar-refractivity contribution < 1.29 is 9.47 Å². The van der Waals surface area contributed by atoms with Gasteiger partial charge in [0.15, 0.2) is 11.5 Å². The molecule has 18 heavy (non-hydrogen) atoms. The van der Waals surface area contributed by atoms with Gasteiger partial charge in [0.1, 0.15) is 0 Å². The molecular formula is C15H23NO2. The molecule has 0 aliphatic carbocycles. The molecule has 1 aromatic carbocycles. The van der Waals surface area contributed by atoms with Gasteiger partial charge in [-0.1, -0.05) is 31.2 Å². The van der Waals surface area contributed by atoms with Crippen LogP contribution in [0.5, 0.6) is 11.5 Å². The van der Waals surface area contributed by atoms with Crippen LogP contribution in [0.2, 0.25) is 0 Å². The van der Waals surface area contributed by atoms with Gasteiger partial charge in [-0.3, -0.25) is 0 Å². The smallest absolute Gasteiger partial charge is 0.167 e. The number of hydrogen-bond donors (Lipinski definition) is 1. The molecule has 1 aromatic rings. The minimum Gasteiger partial charge on any atom is -0.493 e. The fourth-order valence-corrected chi connectivity index (χ4v) is 1.73. The quantitative estimate of drug-likeness (QED) is 0.805. The summed E-state index contributed by atoms with van der Waals surface area (Å²) >= 11 is 0. The third-order valence-electron chi connectivity index (χ3n) is 2.71. The average Bonchev–Trinajstić information content (AvgIpc) is 2.41. The van der Waals surface area contributed by atoms with Gasteiger partial charge < -0.3 is 14.8 Å². The first-order valence-corrected chi connectivity index (χ1v) is 6.35. The number of methoxy groups -OCH3 is 2. The molecule has 0 spiro atoms. The molecule has 0 fully saturated rings. The van der Waals surface area contributed by atoms with Gasteiger partial charge in [-0.15, -0.1) is 0 Å². The molecule has 0 aromatic heterocycles. The fraction of sp³-hybridized carbons (Fsp3) is 0.467. The van der Waals surface area contributed by atoms with Crippen LogP contribution in [0.25, 0.3) is 6.08 Å². The molecule has 0 bridgehead atoms. The van der Waals surface area contributed by atoms with Crippen molar-refractivity contribution in [1.82, 2.24) is 5.32 Å². The van der Waals surface area contributed by atoms with Gasteiger partial charge in [0.05, 0.1) is 14.2 Å². The van der Waals surface area contributed by atoms with Gasteiger partial charge in [0.2, 0.25) is 0 Å². The maximum atomic E-state index is 5.38. The van der Waals surface area contributed by atoms with Gasteiger partial charge in [-0.25, -0.2) is 0 Å². The third kappa shape index (κ3) is 4.08. The Balaban J connectivity index is 2.80. The van der Waals surface area contributed by atoms with Crippen LogP contribution in [0.15, 0.2) is 24.3 Å². The van der Waals surface area contributed by atoms with Crippen LogP contribution in [0.4, 0.5) is 0 Å². The number of hydrogen-bond acceptors (Lipinski definition) is 3. The maximum absolute atomic E-state index is 5.38. The molecule has 3 heteroatoms. The van der Waals surface area contributed by atoms with Crippen LogP contribution in [0.1, 0.15) is 25.8 Å². The number of rotatable bonds is 7.